The molecule has 1 aromatic carbocycles. The highest BCUT2D eigenvalue weighted by atomic mass is 16.7. The third kappa shape index (κ3) is 4.43. The Morgan fingerprint density at radius 2 is 1.75 bits per heavy atom. The Balaban J connectivity index is 1.56. The Labute approximate surface area is 165 Å². The minimum Gasteiger partial charge on any atom is -0.454 e. The van der Waals surface area contributed by atoms with Gasteiger partial charge in [0, 0.05) is 19.6 Å². The van der Waals surface area contributed by atoms with Crippen LogP contribution in [0.2, 0.25) is 0 Å². The first-order chi connectivity index (χ1) is 13.2. The number of hydrogen-bond acceptors (Lipinski definition) is 5. The normalized spacial score (nSPS) is 21.5. The van der Waals surface area contributed by atoms with Gasteiger partial charge in [-0.05, 0) is 52.3 Å². The van der Waals surface area contributed by atoms with Crippen LogP contribution in [0.5, 0.6) is 11.5 Å². The molecule has 2 aliphatic rings. The zero-order chi connectivity index (χ0) is 20.5. The summed E-state index contributed by atoms with van der Waals surface area (Å²) in [6, 6.07) is 5.20. The fraction of sp³-hybridized carbons (Fsp3) is 0.600. The van der Waals surface area contributed by atoms with Crippen LogP contribution in [0.1, 0.15) is 40.2 Å². The SMILES string of the molecule is CC1C(C)N(C(=O)OC(C)(C)C)CCN1C(=O)NCc1ccc2c(c1)OCO2. The van der Waals surface area contributed by atoms with Crippen LogP contribution in [0.25, 0.3) is 0 Å². The van der Waals surface area contributed by atoms with Crippen LogP contribution in [0, 0.1) is 0 Å². The van der Waals surface area contributed by atoms with E-state index in [9.17, 15) is 9.59 Å². The molecule has 1 aromatic rings. The first kappa shape index (κ1) is 20.1. The Bertz CT molecular complexity index is 746. The number of fused-ring (bicyclic) bond motifs is 1. The van der Waals surface area contributed by atoms with Crippen molar-refractivity contribution in [1.29, 1.82) is 0 Å². The number of nitrogens with one attached hydrogen (secondary N) is 1. The lowest BCUT2D eigenvalue weighted by Gasteiger charge is -2.44. The zero-order valence-electron chi connectivity index (χ0n) is 17.2. The van der Waals surface area contributed by atoms with Gasteiger partial charge in [-0.2, -0.15) is 0 Å². The van der Waals surface area contributed by atoms with Gasteiger partial charge in [-0.15, -0.1) is 0 Å². The molecule has 3 amide bonds. The highest BCUT2D eigenvalue weighted by molar-refractivity contribution is 5.75. The van der Waals surface area contributed by atoms with Crippen molar-refractivity contribution in [2.24, 2.45) is 0 Å². The topological polar surface area (TPSA) is 80.3 Å². The quantitative estimate of drug-likeness (QED) is 0.838. The maximum absolute atomic E-state index is 12.7. The summed E-state index contributed by atoms with van der Waals surface area (Å²) < 4.78 is 16.1. The number of nitrogens with zero attached hydrogens (tertiary/aromatic N) is 2. The van der Waals surface area contributed by atoms with Crippen LogP contribution in [-0.4, -0.2) is 59.5 Å². The molecule has 2 aliphatic heterocycles. The summed E-state index contributed by atoms with van der Waals surface area (Å²) in [5.41, 5.74) is 0.393. The molecule has 0 spiro atoms. The van der Waals surface area contributed by atoms with Crippen LogP contribution >= 0.6 is 0 Å². The van der Waals surface area contributed by atoms with Crippen molar-refractivity contribution < 1.29 is 23.8 Å². The van der Waals surface area contributed by atoms with E-state index in [1.807, 2.05) is 52.8 Å². The van der Waals surface area contributed by atoms with Gasteiger partial charge in [0.25, 0.3) is 0 Å². The van der Waals surface area contributed by atoms with Gasteiger partial charge in [-0.3, -0.25) is 0 Å². The third-order valence-electron chi connectivity index (χ3n) is 5.03. The average molecular weight is 391 g/mol. The molecule has 28 heavy (non-hydrogen) atoms. The van der Waals surface area contributed by atoms with Gasteiger partial charge in [0.2, 0.25) is 6.79 Å². The predicted octanol–water partition coefficient (Wildman–Crippen LogP) is 2.95. The van der Waals surface area contributed by atoms with Gasteiger partial charge < -0.3 is 29.3 Å². The van der Waals surface area contributed by atoms with E-state index in [0.29, 0.717) is 25.4 Å². The molecule has 8 heteroatoms. The van der Waals surface area contributed by atoms with E-state index in [-0.39, 0.29) is 31.0 Å². The number of ether oxygens (including phenoxy) is 3. The largest absolute Gasteiger partial charge is 0.454 e. The van der Waals surface area contributed by atoms with E-state index in [1.165, 1.54) is 0 Å². The van der Waals surface area contributed by atoms with Crippen molar-refractivity contribution in [3.63, 3.8) is 0 Å². The highest BCUT2D eigenvalue weighted by Crippen LogP contribution is 2.32. The molecule has 1 saturated heterocycles. The van der Waals surface area contributed by atoms with Gasteiger partial charge in [0.1, 0.15) is 5.60 Å². The van der Waals surface area contributed by atoms with E-state index in [0.717, 1.165) is 11.3 Å². The van der Waals surface area contributed by atoms with Gasteiger partial charge in [-0.25, -0.2) is 9.59 Å². The van der Waals surface area contributed by atoms with Crippen molar-refractivity contribution in [2.45, 2.75) is 58.8 Å². The molecule has 8 nitrogen and oxygen atoms in total. The molecule has 0 aromatic heterocycles. The van der Waals surface area contributed by atoms with Crippen LogP contribution in [0.3, 0.4) is 0 Å². The fourth-order valence-electron chi connectivity index (χ4n) is 3.34. The number of carbonyl (C=O) groups excluding carboxylic acids is 2. The number of carbonyl (C=O) groups is 2. The van der Waals surface area contributed by atoms with Crippen LogP contribution in [0.15, 0.2) is 18.2 Å². The van der Waals surface area contributed by atoms with E-state index in [4.69, 9.17) is 14.2 Å². The lowest BCUT2D eigenvalue weighted by Crippen LogP contribution is -2.62. The van der Waals surface area contributed by atoms with Crippen molar-refractivity contribution >= 4 is 12.1 Å². The standard InChI is InChI=1S/C20H29N3O5/c1-13-14(2)23(19(25)28-20(3,4)5)9-8-22(13)18(24)21-11-15-6-7-16-17(10-15)27-12-26-16/h6-7,10,13-14H,8-9,11-12H2,1-5H3,(H,21,24). The molecule has 2 atom stereocenters. The lowest BCUT2D eigenvalue weighted by molar-refractivity contribution is -0.00545. The molecular weight excluding hydrogens is 362 g/mol. The van der Waals surface area contributed by atoms with E-state index in [2.05, 4.69) is 5.32 Å². The molecule has 3 rings (SSSR count). The van der Waals surface area contributed by atoms with Gasteiger partial charge in [0.05, 0.1) is 12.1 Å². The predicted molar refractivity (Wildman–Crippen MR) is 103 cm³/mol. The van der Waals surface area contributed by atoms with Gasteiger partial charge in [0.15, 0.2) is 11.5 Å². The van der Waals surface area contributed by atoms with Crippen LogP contribution in [0.4, 0.5) is 9.59 Å². The Hall–Kier alpha value is -2.64. The molecule has 2 unspecified atom stereocenters. The summed E-state index contributed by atoms with van der Waals surface area (Å²) in [5, 5.41) is 2.95. The minimum atomic E-state index is -0.542. The average Bonchev–Trinajstić information content (AvgIpc) is 3.08. The molecule has 2 heterocycles. The summed E-state index contributed by atoms with van der Waals surface area (Å²) >= 11 is 0. The summed E-state index contributed by atoms with van der Waals surface area (Å²) in [7, 11) is 0. The molecule has 0 bridgehead atoms. The van der Waals surface area contributed by atoms with E-state index >= 15 is 0 Å². The van der Waals surface area contributed by atoms with Crippen molar-refractivity contribution in [3.8, 4) is 11.5 Å². The Kier molecular flexibility index (Phi) is 5.58. The molecule has 1 N–H and O–H groups in total. The second-order valence-corrected chi connectivity index (χ2v) is 8.19. The molecular formula is C20H29N3O5. The first-order valence-corrected chi connectivity index (χ1v) is 9.58. The number of piperazine rings is 1. The molecule has 1 fully saturated rings. The third-order valence-corrected chi connectivity index (χ3v) is 5.03. The van der Waals surface area contributed by atoms with Crippen LogP contribution < -0.4 is 14.8 Å². The van der Waals surface area contributed by atoms with Crippen molar-refractivity contribution in [3.05, 3.63) is 23.8 Å². The fourth-order valence-corrected chi connectivity index (χ4v) is 3.34. The number of urea groups is 1. The van der Waals surface area contributed by atoms with Gasteiger partial charge in [-0.1, -0.05) is 6.07 Å². The summed E-state index contributed by atoms with van der Waals surface area (Å²) in [4.78, 5) is 28.6. The van der Waals surface area contributed by atoms with Crippen molar-refractivity contribution in [1.82, 2.24) is 15.1 Å². The second-order valence-electron chi connectivity index (χ2n) is 8.19. The zero-order valence-corrected chi connectivity index (χ0v) is 17.2. The minimum absolute atomic E-state index is 0.127. The van der Waals surface area contributed by atoms with Crippen LogP contribution in [-0.2, 0) is 11.3 Å². The molecule has 0 aliphatic carbocycles. The molecule has 154 valence electrons. The number of hydrogen-bond donors (Lipinski definition) is 1. The smallest absolute Gasteiger partial charge is 0.410 e. The van der Waals surface area contributed by atoms with Gasteiger partial charge >= 0.3 is 12.1 Å². The second kappa shape index (κ2) is 7.77. The van der Waals surface area contributed by atoms with E-state index < -0.39 is 5.60 Å². The summed E-state index contributed by atoms with van der Waals surface area (Å²) in [6.45, 7) is 10.9. The Morgan fingerprint density at radius 1 is 1.11 bits per heavy atom. The maximum Gasteiger partial charge on any atom is 0.410 e. The Morgan fingerprint density at radius 3 is 2.46 bits per heavy atom. The monoisotopic (exact) mass is 391 g/mol. The van der Waals surface area contributed by atoms with Crippen molar-refractivity contribution in [2.75, 3.05) is 19.9 Å². The highest BCUT2D eigenvalue weighted by Gasteiger charge is 2.37. The summed E-state index contributed by atoms with van der Waals surface area (Å²) in [5.74, 6) is 1.41. The number of benzene rings is 1. The first-order valence-electron chi connectivity index (χ1n) is 9.58. The van der Waals surface area contributed by atoms with E-state index in [1.54, 1.807) is 9.80 Å². The molecule has 0 radical (unpaired) electrons. The summed E-state index contributed by atoms with van der Waals surface area (Å²) in [6.07, 6.45) is -0.340. The maximum atomic E-state index is 12.7. The number of rotatable bonds is 2. The molecule has 0 saturated carbocycles. The lowest BCUT2D eigenvalue weighted by atomic mass is 10.1. The number of amides is 3.